The largest absolute Gasteiger partial charge is 0.384 e. The van der Waals surface area contributed by atoms with Crippen LogP contribution in [-0.4, -0.2) is 5.11 Å². The quantitative estimate of drug-likeness (QED) is 0.802. The van der Waals surface area contributed by atoms with E-state index in [2.05, 4.69) is 26.0 Å². The van der Waals surface area contributed by atoms with Crippen LogP contribution < -0.4 is 0 Å². The first kappa shape index (κ1) is 12.9. The van der Waals surface area contributed by atoms with Gasteiger partial charge in [0.05, 0.1) is 11.6 Å². The minimum absolute atomic E-state index is 0.182. The fourth-order valence-electron chi connectivity index (χ4n) is 2.56. The first-order chi connectivity index (χ1) is 8.52. The highest BCUT2D eigenvalue weighted by Gasteiger charge is 2.24. The van der Waals surface area contributed by atoms with Crippen molar-refractivity contribution in [2.45, 2.75) is 39.2 Å². The van der Waals surface area contributed by atoms with Crippen molar-refractivity contribution in [2.75, 3.05) is 0 Å². The summed E-state index contributed by atoms with van der Waals surface area (Å²) in [6.07, 6.45) is 4.95. The van der Waals surface area contributed by atoms with Gasteiger partial charge in [0.25, 0.3) is 0 Å². The standard InChI is InChI=1S/C16H19NO/c1-16(2)9-3-4-14(10-16)15(18)13-7-5-12(11-17)6-8-13/h5-8,10,15,18H,3-4,9H2,1-2H3. The summed E-state index contributed by atoms with van der Waals surface area (Å²) in [5.74, 6) is 0. The lowest BCUT2D eigenvalue weighted by molar-refractivity contribution is 0.201. The smallest absolute Gasteiger partial charge is 0.100 e. The molecule has 94 valence electrons. The number of nitrogens with zero attached hydrogens (tertiary/aromatic N) is 1. The minimum Gasteiger partial charge on any atom is -0.384 e. The van der Waals surface area contributed by atoms with E-state index in [4.69, 9.17) is 5.26 Å². The van der Waals surface area contributed by atoms with E-state index in [1.54, 1.807) is 12.1 Å². The van der Waals surface area contributed by atoms with Gasteiger partial charge in [-0.15, -0.1) is 0 Å². The summed E-state index contributed by atoms with van der Waals surface area (Å²) in [6, 6.07) is 9.28. The summed E-state index contributed by atoms with van der Waals surface area (Å²) in [6.45, 7) is 4.41. The van der Waals surface area contributed by atoms with Crippen molar-refractivity contribution in [3.63, 3.8) is 0 Å². The van der Waals surface area contributed by atoms with Crippen LogP contribution in [0.5, 0.6) is 0 Å². The van der Waals surface area contributed by atoms with Crippen molar-refractivity contribution < 1.29 is 5.11 Å². The second kappa shape index (κ2) is 4.96. The molecule has 1 aliphatic carbocycles. The lowest BCUT2D eigenvalue weighted by Gasteiger charge is -2.29. The van der Waals surface area contributed by atoms with Gasteiger partial charge in [-0.25, -0.2) is 0 Å². The lowest BCUT2D eigenvalue weighted by atomic mass is 9.77. The van der Waals surface area contributed by atoms with E-state index in [1.807, 2.05) is 12.1 Å². The molecule has 0 radical (unpaired) electrons. The zero-order valence-corrected chi connectivity index (χ0v) is 11.0. The fraction of sp³-hybridized carbons (Fsp3) is 0.438. The van der Waals surface area contributed by atoms with E-state index >= 15 is 0 Å². The predicted molar refractivity (Wildman–Crippen MR) is 71.8 cm³/mol. The summed E-state index contributed by atoms with van der Waals surface area (Å²) < 4.78 is 0. The molecule has 1 aromatic carbocycles. The molecule has 1 atom stereocenters. The van der Waals surface area contributed by atoms with Crippen molar-refractivity contribution in [1.82, 2.24) is 0 Å². The Hall–Kier alpha value is -1.59. The first-order valence-corrected chi connectivity index (χ1v) is 6.41. The van der Waals surface area contributed by atoms with Gasteiger partial charge in [0.15, 0.2) is 0 Å². The number of rotatable bonds is 2. The molecule has 1 N–H and O–H groups in total. The van der Waals surface area contributed by atoms with Gasteiger partial charge in [0.2, 0.25) is 0 Å². The van der Waals surface area contributed by atoms with Crippen molar-refractivity contribution in [2.24, 2.45) is 5.41 Å². The first-order valence-electron chi connectivity index (χ1n) is 6.41. The summed E-state index contributed by atoms with van der Waals surface area (Å²) in [4.78, 5) is 0. The maximum absolute atomic E-state index is 10.4. The fourth-order valence-corrected chi connectivity index (χ4v) is 2.56. The minimum atomic E-state index is -0.530. The van der Waals surface area contributed by atoms with Gasteiger partial charge >= 0.3 is 0 Å². The molecule has 2 rings (SSSR count). The Morgan fingerprint density at radius 2 is 1.94 bits per heavy atom. The second-order valence-electron chi connectivity index (χ2n) is 5.70. The Kier molecular flexibility index (Phi) is 3.54. The van der Waals surface area contributed by atoms with Crippen LogP contribution in [-0.2, 0) is 0 Å². The number of hydrogen-bond donors (Lipinski definition) is 1. The molecule has 0 amide bonds. The summed E-state index contributed by atoms with van der Waals surface area (Å²) in [5, 5.41) is 19.2. The van der Waals surface area contributed by atoms with Crippen LogP contribution in [0.2, 0.25) is 0 Å². The SMILES string of the molecule is CC1(C)C=C(C(O)c2ccc(C#N)cc2)CCC1. The number of aliphatic hydroxyl groups excluding tert-OH is 1. The van der Waals surface area contributed by atoms with E-state index in [9.17, 15) is 5.11 Å². The Morgan fingerprint density at radius 3 is 2.50 bits per heavy atom. The van der Waals surface area contributed by atoms with E-state index in [0.717, 1.165) is 24.0 Å². The van der Waals surface area contributed by atoms with Crippen molar-refractivity contribution in [3.05, 3.63) is 47.0 Å². The molecular formula is C16H19NO. The number of benzene rings is 1. The van der Waals surface area contributed by atoms with Gasteiger partial charge in [-0.2, -0.15) is 5.26 Å². The molecule has 0 saturated carbocycles. The molecule has 1 aromatic rings. The van der Waals surface area contributed by atoms with Crippen LogP contribution in [0.15, 0.2) is 35.9 Å². The normalized spacial score (nSPS) is 19.8. The van der Waals surface area contributed by atoms with Gasteiger partial charge in [0.1, 0.15) is 6.10 Å². The Bertz CT molecular complexity index is 491. The van der Waals surface area contributed by atoms with Crippen LogP contribution >= 0.6 is 0 Å². The average Bonchev–Trinajstić information content (AvgIpc) is 2.37. The zero-order valence-electron chi connectivity index (χ0n) is 11.0. The monoisotopic (exact) mass is 241 g/mol. The Morgan fingerprint density at radius 1 is 1.28 bits per heavy atom. The predicted octanol–water partition coefficient (Wildman–Crippen LogP) is 3.73. The lowest BCUT2D eigenvalue weighted by Crippen LogP contribution is -2.16. The molecule has 0 heterocycles. The topological polar surface area (TPSA) is 44.0 Å². The highest BCUT2D eigenvalue weighted by molar-refractivity contribution is 5.35. The zero-order chi connectivity index (χ0) is 13.2. The third-order valence-corrected chi connectivity index (χ3v) is 3.57. The molecule has 1 aliphatic rings. The van der Waals surface area contributed by atoms with Crippen LogP contribution in [0.4, 0.5) is 0 Å². The van der Waals surface area contributed by atoms with Crippen LogP contribution in [0, 0.1) is 16.7 Å². The van der Waals surface area contributed by atoms with E-state index in [1.165, 1.54) is 6.42 Å². The Balaban J connectivity index is 2.23. The number of allylic oxidation sites excluding steroid dienone is 1. The van der Waals surface area contributed by atoms with Crippen molar-refractivity contribution in [1.29, 1.82) is 5.26 Å². The molecule has 0 aromatic heterocycles. The summed E-state index contributed by atoms with van der Waals surface area (Å²) >= 11 is 0. The molecule has 0 spiro atoms. The number of hydrogen-bond acceptors (Lipinski definition) is 2. The van der Waals surface area contributed by atoms with Gasteiger partial charge in [0, 0.05) is 0 Å². The van der Waals surface area contributed by atoms with Gasteiger partial charge in [-0.05, 0) is 47.9 Å². The number of aliphatic hydroxyl groups is 1. The maximum Gasteiger partial charge on any atom is 0.100 e. The molecule has 0 saturated heterocycles. The van der Waals surface area contributed by atoms with Gasteiger partial charge < -0.3 is 5.11 Å². The van der Waals surface area contributed by atoms with Gasteiger partial charge in [-0.1, -0.05) is 32.1 Å². The molecule has 2 nitrogen and oxygen atoms in total. The van der Waals surface area contributed by atoms with E-state index in [-0.39, 0.29) is 5.41 Å². The van der Waals surface area contributed by atoms with Crippen molar-refractivity contribution >= 4 is 0 Å². The average molecular weight is 241 g/mol. The van der Waals surface area contributed by atoms with Crippen LogP contribution in [0.1, 0.15) is 50.3 Å². The second-order valence-corrected chi connectivity index (χ2v) is 5.70. The summed E-state index contributed by atoms with van der Waals surface area (Å²) in [5.41, 5.74) is 2.79. The molecule has 2 heteroatoms. The van der Waals surface area contributed by atoms with Crippen molar-refractivity contribution in [3.8, 4) is 6.07 Å². The summed E-state index contributed by atoms with van der Waals surface area (Å²) in [7, 11) is 0. The highest BCUT2D eigenvalue weighted by Crippen LogP contribution is 2.38. The number of nitriles is 1. The molecule has 0 fully saturated rings. The van der Waals surface area contributed by atoms with E-state index in [0.29, 0.717) is 5.56 Å². The molecule has 0 aliphatic heterocycles. The van der Waals surface area contributed by atoms with Crippen LogP contribution in [0.3, 0.4) is 0 Å². The molecule has 18 heavy (non-hydrogen) atoms. The maximum atomic E-state index is 10.4. The molecule has 0 bridgehead atoms. The Labute approximate surface area is 109 Å². The van der Waals surface area contributed by atoms with E-state index < -0.39 is 6.10 Å². The van der Waals surface area contributed by atoms with Gasteiger partial charge in [-0.3, -0.25) is 0 Å². The molecule has 1 unspecified atom stereocenters. The third-order valence-electron chi connectivity index (χ3n) is 3.57. The molecular weight excluding hydrogens is 222 g/mol. The third kappa shape index (κ3) is 2.80. The highest BCUT2D eigenvalue weighted by atomic mass is 16.3. The van der Waals surface area contributed by atoms with Crippen LogP contribution in [0.25, 0.3) is 0 Å².